The summed E-state index contributed by atoms with van der Waals surface area (Å²) in [5, 5.41) is 1.05. The van der Waals surface area contributed by atoms with Gasteiger partial charge in [-0.3, -0.25) is 0 Å². The van der Waals surface area contributed by atoms with E-state index in [-0.39, 0.29) is 0 Å². The Morgan fingerprint density at radius 3 is 3.08 bits per heavy atom. The van der Waals surface area contributed by atoms with Crippen LogP contribution >= 0.6 is 24.4 Å². The predicted octanol–water partition coefficient (Wildman–Crippen LogP) is 2.00. The van der Waals surface area contributed by atoms with Crippen molar-refractivity contribution in [1.82, 2.24) is 9.55 Å². The quantitative estimate of drug-likeness (QED) is 0.455. The van der Waals surface area contributed by atoms with Gasteiger partial charge in [0.25, 0.3) is 0 Å². The molecule has 12 heavy (non-hydrogen) atoms. The van der Waals surface area contributed by atoms with Gasteiger partial charge in [-0.15, -0.1) is 0 Å². The third kappa shape index (κ3) is 2.95. The van der Waals surface area contributed by atoms with E-state index in [1.54, 1.807) is 11.8 Å². The lowest BCUT2D eigenvalue weighted by Crippen LogP contribution is -1.88. The predicted molar refractivity (Wildman–Crippen MR) is 56.9 cm³/mol. The highest BCUT2D eigenvalue weighted by Crippen LogP contribution is 2.13. The largest absolute Gasteiger partial charge is 0.329 e. The molecule has 1 rings (SSSR count). The molecular weight excluding hydrogens is 188 g/mol. The molecule has 1 heterocycles. The third-order valence-electron chi connectivity index (χ3n) is 1.36. The minimum Gasteiger partial charge on any atom is -0.329 e. The van der Waals surface area contributed by atoms with Crippen LogP contribution < -0.4 is 0 Å². The summed E-state index contributed by atoms with van der Waals surface area (Å²) in [5.41, 5.74) is 0. The third-order valence-corrected chi connectivity index (χ3v) is 2.58. The van der Waals surface area contributed by atoms with Gasteiger partial charge in [0.15, 0.2) is 5.16 Å². The van der Waals surface area contributed by atoms with Crippen LogP contribution in [-0.4, -0.2) is 21.1 Å². The molecule has 0 aliphatic carbocycles. The van der Waals surface area contributed by atoms with E-state index in [9.17, 15) is 0 Å². The average molecular weight is 200 g/mol. The summed E-state index contributed by atoms with van der Waals surface area (Å²) in [4.78, 5) is 4.19. The van der Waals surface area contributed by atoms with Crippen molar-refractivity contribution in [1.29, 1.82) is 0 Å². The van der Waals surface area contributed by atoms with E-state index in [2.05, 4.69) is 23.7 Å². The van der Waals surface area contributed by atoms with Crippen LogP contribution in [0.1, 0.15) is 0 Å². The minimum atomic E-state index is 0.807. The molecule has 0 aliphatic heterocycles. The van der Waals surface area contributed by atoms with E-state index in [0.717, 1.165) is 16.7 Å². The summed E-state index contributed by atoms with van der Waals surface area (Å²) in [6, 6.07) is 0. The first-order valence-corrected chi connectivity index (χ1v) is 5.32. The fourth-order valence-corrected chi connectivity index (χ4v) is 1.69. The molecule has 2 nitrogen and oxygen atoms in total. The Balaban J connectivity index is 2.33. The molecule has 1 aromatic rings. The molecule has 0 aliphatic rings. The molecule has 0 spiro atoms. The molecule has 0 bridgehead atoms. The Morgan fingerprint density at radius 2 is 2.50 bits per heavy atom. The normalized spacial score (nSPS) is 11.2. The monoisotopic (exact) mass is 200 g/mol. The Morgan fingerprint density at radius 1 is 1.67 bits per heavy atom. The van der Waals surface area contributed by atoms with Crippen molar-refractivity contribution in [2.45, 2.75) is 5.16 Å². The van der Waals surface area contributed by atoms with Crippen LogP contribution in [0.4, 0.5) is 0 Å². The van der Waals surface area contributed by atoms with Crippen molar-refractivity contribution in [2.75, 3.05) is 11.5 Å². The summed E-state index contributed by atoms with van der Waals surface area (Å²) in [6.07, 6.45) is 7.90. The van der Waals surface area contributed by atoms with Crippen molar-refractivity contribution in [3.8, 4) is 0 Å². The van der Waals surface area contributed by atoms with Gasteiger partial charge in [-0.1, -0.05) is 23.9 Å². The van der Waals surface area contributed by atoms with E-state index < -0.39 is 0 Å². The van der Waals surface area contributed by atoms with E-state index in [1.165, 1.54) is 0 Å². The molecular formula is C8H12N2S2. The van der Waals surface area contributed by atoms with Gasteiger partial charge in [-0.2, -0.15) is 12.6 Å². The highest BCUT2D eigenvalue weighted by molar-refractivity contribution is 7.99. The van der Waals surface area contributed by atoms with E-state index >= 15 is 0 Å². The van der Waals surface area contributed by atoms with E-state index in [4.69, 9.17) is 0 Å². The van der Waals surface area contributed by atoms with Gasteiger partial charge in [0, 0.05) is 30.9 Å². The van der Waals surface area contributed by atoms with Crippen LogP contribution in [0.3, 0.4) is 0 Å². The number of thioether (sulfide) groups is 1. The maximum atomic E-state index is 4.19. The first kappa shape index (κ1) is 9.74. The summed E-state index contributed by atoms with van der Waals surface area (Å²) >= 11 is 5.80. The Labute approximate surface area is 82.5 Å². The first-order chi connectivity index (χ1) is 5.84. The average Bonchev–Trinajstić information content (AvgIpc) is 2.46. The molecule has 0 atom stereocenters. The Bertz CT molecular complexity index is 255. The van der Waals surface area contributed by atoms with Gasteiger partial charge in [0.1, 0.15) is 0 Å². The topological polar surface area (TPSA) is 17.8 Å². The Kier molecular flexibility index (Phi) is 4.32. The molecule has 0 saturated heterocycles. The smallest absolute Gasteiger partial charge is 0.167 e. The molecule has 0 unspecified atom stereocenters. The minimum absolute atomic E-state index is 0.807. The van der Waals surface area contributed by atoms with Gasteiger partial charge in [0.2, 0.25) is 0 Å². The molecule has 0 amide bonds. The second kappa shape index (κ2) is 5.32. The number of nitrogens with zero attached hydrogens (tertiary/aromatic N) is 2. The standard InChI is InChI=1S/C8H12N2S2/c1-10-5-4-9-8(10)12-7-3-2-6-11/h2-5,11H,6-7H2,1H3. The van der Waals surface area contributed by atoms with Gasteiger partial charge < -0.3 is 4.57 Å². The zero-order valence-corrected chi connectivity index (χ0v) is 8.68. The number of thiol groups is 1. The van der Waals surface area contributed by atoms with E-state index in [0.29, 0.717) is 0 Å². The Hall–Kier alpha value is -0.350. The summed E-state index contributed by atoms with van der Waals surface area (Å²) in [5.74, 6) is 1.77. The summed E-state index contributed by atoms with van der Waals surface area (Å²) in [7, 11) is 2.00. The van der Waals surface area contributed by atoms with Crippen LogP contribution in [-0.2, 0) is 7.05 Å². The molecule has 66 valence electrons. The van der Waals surface area contributed by atoms with Crippen LogP contribution in [0, 0.1) is 0 Å². The van der Waals surface area contributed by atoms with E-state index in [1.807, 2.05) is 30.1 Å². The van der Waals surface area contributed by atoms with Crippen LogP contribution in [0.15, 0.2) is 29.7 Å². The fraction of sp³-hybridized carbons (Fsp3) is 0.375. The lowest BCUT2D eigenvalue weighted by Gasteiger charge is -1.96. The number of hydrogen-bond donors (Lipinski definition) is 1. The second-order valence-corrected chi connectivity index (χ2v) is 3.64. The summed E-state index contributed by atoms with van der Waals surface area (Å²) < 4.78 is 2.01. The molecule has 1 aromatic heterocycles. The zero-order chi connectivity index (χ0) is 8.81. The van der Waals surface area contributed by atoms with Crippen molar-refractivity contribution >= 4 is 24.4 Å². The van der Waals surface area contributed by atoms with Gasteiger partial charge in [0.05, 0.1) is 0 Å². The number of hydrogen-bond acceptors (Lipinski definition) is 3. The first-order valence-electron chi connectivity index (χ1n) is 3.70. The molecule has 0 radical (unpaired) electrons. The van der Waals surface area contributed by atoms with Crippen LogP contribution in [0.5, 0.6) is 0 Å². The molecule has 0 saturated carbocycles. The number of imidazole rings is 1. The molecule has 4 heteroatoms. The number of aromatic nitrogens is 2. The molecule has 0 N–H and O–H groups in total. The highest BCUT2D eigenvalue weighted by Gasteiger charge is 1.95. The SMILES string of the molecule is Cn1ccnc1SCC=CCS. The van der Waals surface area contributed by atoms with Gasteiger partial charge >= 0.3 is 0 Å². The van der Waals surface area contributed by atoms with Crippen molar-refractivity contribution in [3.63, 3.8) is 0 Å². The van der Waals surface area contributed by atoms with Crippen LogP contribution in [0.25, 0.3) is 0 Å². The summed E-state index contributed by atoms with van der Waals surface area (Å²) in [6.45, 7) is 0. The lowest BCUT2D eigenvalue weighted by atomic mass is 10.6. The van der Waals surface area contributed by atoms with Crippen LogP contribution in [0.2, 0.25) is 0 Å². The maximum absolute atomic E-state index is 4.19. The number of rotatable bonds is 4. The van der Waals surface area contributed by atoms with Crippen molar-refractivity contribution < 1.29 is 0 Å². The van der Waals surface area contributed by atoms with Crippen molar-refractivity contribution in [2.24, 2.45) is 7.05 Å². The second-order valence-electron chi connectivity index (χ2n) is 2.29. The fourth-order valence-electron chi connectivity index (χ4n) is 0.756. The number of aryl methyl sites for hydroxylation is 1. The highest BCUT2D eigenvalue weighted by atomic mass is 32.2. The maximum Gasteiger partial charge on any atom is 0.167 e. The molecule has 0 fully saturated rings. The zero-order valence-electron chi connectivity index (χ0n) is 6.97. The molecule has 0 aromatic carbocycles. The lowest BCUT2D eigenvalue weighted by molar-refractivity contribution is 0.791. The van der Waals surface area contributed by atoms with Gasteiger partial charge in [-0.25, -0.2) is 4.98 Å². The van der Waals surface area contributed by atoms with Crippen molar-refractivity contribution in [3.05, 3.63) is 24.5 Å². The van der Waals surface area contributed by atoms with Gasteiger partial charge in [-0.05, 0) is 0 Å².